The van der Waals surface area contributed by atoms with Gasteiger partial charge in [0.2, 0.25) is 0 Å². The zero-order valence-electron chi connectivity index (χ0n) is 27.7. The van der Waals surface area contributed by atoms with Crippen LogP contribution in [-0.2, 0) is 0 Å². The fourth-order valence-electron chi connectivity index (χ4n) is 7.36. The maximum Gasteiger partial charge on any atom is 0.143 e. The van der Waals surface area contributed by atoms with Crippen LogP contribution in [-0.4, -0.2) is 0 Å². The van der Waals surface area contributed by atoms with Gasteiger partial charge < -0.3 is 9.32 Å². The minimum Gasteiger partial charge on any atom is -0.455 e. The summed E-state index contributed by atoms with van der Waals surface area (Å²) in [6.07, 6.45) is 0. The second-order valence-electron chi connectivity index (χ2n) is 12.9. The molecule has 0 saturated carbocycles. The molecule has 240 valence electrons. The zero-order valence-corrected chi connectivity index (χ0v) is 28.5. The summed E-state index contributed by atoms with van der Waals surface area (Å²) in [5.74, 6) is 0. The van der Waals surface area contributed by atoms with Gasteiger partial charge in [-0.15, -0.1) is 11.3 Å². The second kappa shape index (κ2) is 12.2. The number of nitrogens with zero attached hydrogens (tertiary/aromatic N) is 1. The van der Waals surface area contributed by atoms with E-state index in [1.807, 2.05) is 17.4 Å². The van der Waals surface area contributed by atoms with E-state index in [4.69, 9.17) is 4.42 Å². The molecule has 0 bridgehead atoms. The highest BCUT2D eigenvalue weighted by atomic mass is 32.1. The molecule has 2 aromatic heterocycles. The van der Waals surface area contributed by atoms with Crippen LogP contribution in [0.3, 0.4) is 0 Å². The van der Waals surface area contributed by atoms with E-state index >= 15 is 0 Å². The van der Waals surface area contributed by atoms with Crippen molar-refractivity contribution in [3.8, 4) is 33.4 Å². The van der Waals surface area contributed by atoms with Crippen molar-refractivity contribution in [3.63, 3.8) is 0 Å². The van der Waals surface area contributed by atoms with E-state index in [1.54, 1.807) is 0 Å². The smallest absolute Gasteiger partial charge is 0.143 e. The van der Waals surface area contributed by atoms with Crippen molar-refractivity contribution in [2.75, 3.05) is 4.90 Å². The lowest BCUT2D eigenvalue weighted by atomic mass is 9.95. The van der Waals surface area contributed by atoms with Crippen molar-refractivity contribution in [1.29, 1.82) is 0 Å². The maximum atomic E-state index is 6.55. The summed E-state index contributed by atoms with van der Waals surface area (Å²) < 4.78 is 9.15. The number of para-hydroxylation sites is 1. The highest BCUT2D eigenvalue weighted by molar-refractivity contribution is 7.25. The predicted molar refractivity (Wildman–Crippen MR) is 218 cm³/mol. The molecule has 0 fully saturated rings. The van der Waals surface area contributed by atoms with Gasteiger partial charge in [0, 0.05) is 53.6 Å². The first-order chi connectivity index (χ1) is 25.3. The van der Waals surface area contributed by atoms with Gasteiger partial charge in [-0.1, -0.05) is 121 Å². The van der Waals surface area contributed by atoms with Crippen molar-refractivity contribution in [2.45, 2.75) is 0 Å². The minimum atomic E-state index is 0.900. The first-order valence-electron chi connectivity index (χ1n) is 17.2. The Labute approximate surface area is 300 Å². The fourth-order valence-corrected chi connectivity index (χ4v) is 8.45. The third-order valence-corrected chi connectivity index (χ3v) is 11.0. The molecule has 0 aliphatic heterocycles. The number of hydrogen-bond acceptors (Lipinski definition) is 3. The molecule has 3 heteroatoms. The lowest BCUT2D eigenvalue weighted by Crippen LogP contribution is -2.09. The minimum absolute atomic E-state index is 0.900. The Morgan fingerprint density at radius 3 is 1.63 bits per heavy atom. The molecule has 0 amide bonds. The van der Waals surface area contributed by atoms with Crippen LogP contribution < -0.4 is 4.90 Å². The Balaban J connectivity index is 1.12. The van der Waals surface area contributed by atoms with Gasteiger partial charge in [0.1, 0.15) is 11.2 Å². The van der Waals surface area contributed by atoms with Gasteiger partial charge in [0.25, 0.3) is 0 Å². The van der Waals surface area contributed by atoms with Gasteiger partial charge in [-0.2, -0.15) is 0 Å². The predicted octanol–water partition coefficient (Wildman–Crippen LogP) is 14.4. The monoisotopic (exact) mass is 669 g/mol. The number of furan rings is 1. The molecule has 0 N–H and O–H groups in total. The number of hydrogen-bond donors (Lipinski definition) is 0. The molecule has 0 spiro atoms. The number of thiophene rings is 1. The number of rotatable bonds is 6. The summed E-state index contributed by atoms with van der Waals surface area (Å²) in [6, 6.07) is 67.4. The Bertz CT molecular complexity index is 2830. The molecule has 0 unspecified atom stereocenters. The summed E-state index contributed by atoms with van der Waals surface area (Å²) in [4.78, 5) is 2.36. The Morgan fingerprint density at radius 1 is 0.353 bits per heavy atom. The normalized spacial score (nSPS) is 11.5. The highest BCUT2D eigenvalue weighted by Gasteiger charge is 2.18. The van der Waals surface area contributed by atoms with Crippen LogP contribution in [0.1, 0.15) is 0 Å². The topological polar surface area (TPSA) is 16.4 Å². The van der Waals surface area contributed by atoms with Crippen molar-refractivity contribution in [1.82, 2.24) is 0 Å². The van der Waals surface area contributed by atoms with Crippen LogP contribution in [0.4, 0.5) is 17.1 Å². The van der Waals surface area contributed by atoms with E-state index in [1.165, 1.54) is 42.4 Å². The van der Waals surface area contributed by atoms with Crippen molar-refractivity contribution >= 4 is 70.5 Å². The number of benzene rings is 8. The molecule has 10 aromatic rings. The summed E-state index contributed by atoms with van der Waals surface area (Å²) in [6.45, 7) is 0. The molecule has 0 saturated heterocycles. The summed E-state index contributed by atoms with van der Waals surface area (Å²) in [5, 5.41) is 4.83. The number of fused-ring (bicyclic) bond motifs is 6. The third kappa shape index (κ3) is 5.18. The SMILES string of the molecule is c1ccc(-c2ccc(N(c3ccc(-c4cc(-c5ccccc5)cc5c4oc4ccccc45)cc3)c3ccc4sc5ccccc5c4c3)cc2)cc1. The van der Waals surface area contributed by atoms with Gasteiger partial charge in [-0.3, -0.25) is 0 Å². The Hall–Kier alpha value is -6.42. The van der Waals surface area contributed by atoms with E-state index in [2.05, 4.69) is 187 Å². The molecule has 8 aromatic carbocycles. The zero-order chi connectivity index (χ0) is 33.7. The first kappa shape index (κ1) is 29.5. The van der Waals surface area contributed by atoms with Crippen molar-refractivity contribution in [3.05, 3.63) is 188 Å². The average molecular weight is 670 g/mol. The van der Waals surface area contributed by atoms with Crippen LogP contribution in [0.25, 0.3) is 75.5 Å². The highest BCUT2D eigenvalue weighted by Crippen LogP contribution is 2.43. The van der Waals surface area contributed by atoms with E-state index < -0.39 is 0 Å². The van der Waals surface area contributed by atoms with E-state index in [0.29, 0.717) is 0 Å². The van der Waals surface area contributed by atoms with Gasteiger partial charge in [-0.05, 0) is 94.5 Å². The van der Waals surface area contributed by atoms with E-state index in [0.717, 1.165) is 50.1 Å². The van der Waals surface area contributed by atoms with Crippen LogP contribution in [0.15, 0.2) is 192 Å². The second-order valence-corrected chi connectivity index (χ2v) is 14.0. The molecular weight excluding hydrogens is 639 g/mol. The lowest BCUT2D eigenvalue weighted by molar-refractivity contribution is 0.670. The lowest BCUT2D eigenvalue weighted by Gasteiger charge is -2.26. The molecule has 0 atom stereocenters. The number of anilines is 3. The van der Waals surface area contributed by atoms with E-state index in [9.17, 15) is 0 Å². The fraction of sp³-hybridized carbons (Fsp3) is 0. The maximum absolute atomic E-state index is 6.55. The average Bonchev–Trinajstić information content (AvgIpc) is 3.77. The summed E-state index contributed by atoms with van der Waals surface area (Å²) in [7, 11) is 0. The molecule has 51 heavy (non-hydrogen) atoms. The van der Waals surface area contributed by atoms with Gasteiger partial charge in [0.05, 0.1) is 0 Å². The van der Waals surface area contributed by atoms with E-state index in [-0.39, 0.29) is 0 Å². The van der Waals surface area contributed by atoms with Crippen molar-refractivity contribution < 1.29 is 4.42 Å². The van der Waals surface area contributed by atoms with Gasteiger partial charge in [-0.25, -0.2) is 0 Å². The van der Waals surface area contributed by atoms with Crippen LogP contribution in [0.5, 0.6) is 0 Å². The molecule has 0 aliphatic carbocycles. The Morgan fingerprint density at radius 2 is 0.902 bits per heavy atom. The van der Waals surface area contributed by atoms with Gasteiger partial charge in [0.15, 0.2) is 0 Å². The molecular formula is C48H31NOS. The molecule has 2 heterocycles. The summed E-state index contributed by atoms with van der Waals surface area (Å²) >= 11 is 1.85. The molecule has 0 radical (unpaired) electrons. The largest absolute Gasteiger partial charge is 0.455 e. The van der Waals surface area contributed by atoms with Gasteiger partial charge >= 0.3 is 0 Å². The first-order valence-corrected chi connectivity index (χ1v) is 18.1. The molecule has 10 rings (SSSR count). The quantitative estimate of drug-likeness (QED) is 0.175. The standard InChI is InChI=1S/C48H31NOS/c1-3-11-32(12-4-1)34-19-23-37(24-20-34)49(39-27-28-47-43(31-39)41-16-8-10-18-46(41)51-47)38-25-21-35(22-26-38)42-29-36(33-13-5-2-6-14-33)30-44-40-15-7-9-17-45(40)50-48(42)44/h1-31H. The summed E-state index contributed by atoms with van der Waals surface area (Å²) in [5.41, 5.74) is 12.1. The van der Waals surface area contributed by atoms with Crippen LogP contribution >= 0.6 is 11.3 Å². The molecule has 0 aliphatic rings. The molecule has 2 nitrogen and oxygen atoms in total. The van der Waals surface area contributed by atoms with Crippen LogP contribution in [0, 0.1) is 0 Å². The third-order valence-electron chi connectivity index (χ3n) is 9.87. The van der Waals surface area contributed by atoms with Crippen LogP contribution in [0.2, 0.25) is 0 Å². The van der Waals surface area contributed by atoms with Crippen molar-refractivity contribution in [2.24, 2.45) is 0 Å². The Kier molecular flexibility index (Phi) is 7.04.